The summed E-state index contributed by atoms with van der Waals surface area (Å²) in [6.45, 7) is 7.14. The Morgan fingerprint density at radius 2 is 1.88 bits per heavy atom. The van der Waals surface area contributed by atoms with Gasteiger partial charge in [0.25, 0.3) is 0 Å². The Kier molecular flexibility index (Phi) is 7.63. The van der Waals surface area contributed by atoms with E-state index in [1.54, 1.807) is 17.0 Å². The molecule has 0 unspecified atom stereocenters. The van der Waals surface area contributed by atoms with Crippen LogP contribution in [-0.4, -0.2) is 35.1 Å². The summed E-state index contributed by atoms with van der Waals surface area (Å²) >= 11 is 0. The van der Waals surface area contributed by atoms with E-state index in [1.165, 1.54) is 0 Å². The van der Waals surface area contributed by atoms with Crippen LogP contribution in [0.4, 0.5) is 0 Å². The third-order valence-corrected chi connectivity index (χ3v) is 4.29. The average molecular weight is 381 g/mol. The number of rotatable bonds is 5. The summed E-state index contributed by atoms with van der Waals surface area (Å²) in [6, 6.07) is 6.84. The smallest absolute Gasteiger partial charge is 0.243 e. The first-order valence-electron chi connectivity index (χ1n) is 8.68. The molecule has 1 aromatic rings. The van der Waals surface area contributed by atoms with Gasteiger partial charge >= 0.3 is 0 Å². The molecule has 0 spiro atoms. The van der Waals surface area contributed by atoms with Crippen LogP contribution in [0.25, 0.3) is 0 Å². The van der Waals surface area contributed by atoms with E-state index in [0.717, 1.165) is 12.0 Å². The zero-order chi connectivity index (χ0) is 18.6. The van der Waals surface area contributed by atoms with Crippen LogP contribution in [0.1, 0.15) is 51.2 Å². The lowest BCUT2D eigenvalue weighted by molar-refractivity contribution is -0.139. The Bertz CT molecular complexity index is 652. The topological polar surface area (TPSA) is 99.3 Å². The molecule has 1 aliphatic heterocycles. The second-order valence-electron chi connectivity index (χ2n) is 7.81. The Labute approximate surface area is 161 Å². The lowest BCUT2D eigenvalue weighted by Gasteiger charge is -2.27. The van der Waals surface area contributed by atoms with Gasteiger partial charge in [-0.2, -0.15) is 0 Å². The van der Waals surface area contributed by atoms with E-state index >= 15 is 0 Å². The highest BCUT2D eigenvalue weighted by molar-refractivity contribution is 5.94. The van der Waals surface area contributed by atoms with Gasteiger partial charge in [-0.05, 0) is 23.8 Å². The molecule has 0 saturated carbocycles. The SMILES string of the molecule is CC(C)(C)CC(=O)N1CCC[C@H]1C(=O)NCc1ccc(C(=N)N)cc1.Cl. The standard InChI is InChI=1S/C19H28N4O2.ClH/c1-19(2,3)11-16(24)23-10-4-5-15(23)18(25)22-12-13-6-8-14(9-7-13)17(20)21;/h6-9,15H,4-5,10-12H2,1-3H3,(H3,20,21)(H,22,25);1H/t15-;/m0./s1. The van der Waals surface area contributed by atoms with E-state index in [0.29, 0.717) is 31.5 Å². The van der Waals surface area contributed by atoms with Crippen molar-refractivity contribution in [1.29, 1.82) is 5.41 Å². The highest BCUT2D eigenvalue weighted by atomic mass is 35.5. The summed E-state index contributed by atoms with van der Waals surface area (Å²) in [4.78, 5) is 26.7. The number of carbonyl (C=O) groups excluding carboxylic acids is 2. The summed E-state index contributed by atoms with van der Waals surface area (Å²) in [6.07, 6.45) is 2.02. The van der Waals surface area contributed by atoms with Crippen molar-refractivity contribution in [3.63, 3.8) is 0 Å². The first-order chi connectivity index (χ1) is 11.7. The Morgan fingerprint density at radius 1 is 1.27 bits per heavy atom. The molecule has 26 heavy (non-hydrogen) atoms. The minimum absolute atomic E-state index is 0. The van der Waals surface area contributed by atoms with E-state index in [4.69, 9.17) is 11.1 Å². The van der Waals surface area contributed by atoms with Gasteiger partial charge in [0.05, 0.1) is 0 Å². The lowest BCUT2D eigenvalue weighted by Crippen LogP contribution is -2.46. The van der Waals surface area contributed by atoms with Crippen molar-refractivity contribution in [2.24, 2.45) is 11.1 Å². The number of amidine groups is 1. The number of benzene rings is 1. The van der Waals surface area contributed by atoms with Crippen molar-refractivity contribution >= 4 is 30.1 Å². The van der Waals surface area contributed by atoms with Gasteiger partial charge in [0.15, 0.2) is 0 Å². The molecule has 0 bridgehead atoms. The van der Waals surface area contributed by atoms with Gasteiger partial charge in [0.1, 0.15) is 11.9 Å². The van der Waals surface area contributed by atoms with Crippen molar-refractivity contribution in [3.8, 4) is 0 Å². The number of amides is 2. The van der Waals surface area contributed by atoms with Crippen LogP contribution in [-0.2, 0) is 16.1 Å². The van der Waals surface area contributed by atoms with E-state index in [-0.39, 0.29) is 41.5 Å². The minimum Gasteiger partial charge on any atom is -0.384 e. The molecule has 6 nitrogen and oxygen atoms in total. The maximum absolute atomic E-state index is 12.5. The molecule has 2 rings (SSSR count). The number of halogens is 1. The van der Waals surface area contributed by atoms with Gasteiger partial charge in [0, 0.05) is 25.1 Å². The lowest BCUT2D eigenvalue weighted by atomic mass is 9.91. The van der Waals surface area contributed by atoms with Crippen molar-refractivity contribution in [2.75, 3.05) is 6.54 Å². The summed E-state index contributed by atoms with van der Waals surface area (Å²) < 4.78 is 0. The van der Waals surface area contributed by atoms with E-state index in [9.17, 15) is 9.59 Å². The van der Waals surface area contributed by atoms with Gasteiger partial charge in [-0.25, -0.2) is 0 Å². The van der Waals surface area contributed by atoms with E-state index in [2.05, 4.69) is 5.32 Å². The summed E-state index contributed by atoms with van der Waals surface area (Å²) in [7, 11) is 0. The average Bonchev–Trinajstić information content (AvgIpc) is 3.01. The largest absolute Gasteiger partial charge is 0.384 e. The summed E-state index contributed by atoms with van der Waals surface area (Å²) in [5.41, 5.74) is 6.94. The van der Waals surface area contributed by atoms with Crippen LogP contribution < -0.4 is 11.1 Å². The third kappa shape index (κ3) is 6.02. The fourth-order valence-corrected chi connectivity index (χ4v) is 3.00. The molecule has 2 amide bonds. The minimum atomic E-state index is -0.369. The maximum Gasteiger partial charge on any atom is 0.243 e. The quantitative estimate of drug-likeness (QED) is 0.540. The van der Waals surface area contributed by atoms with Crippen molar-refractivity contribution in [1.82, 2.24) is 10.2 Å². The fourth-order valence-electron chi connectivity index (χ4n) is 3.00. The van der Waals surface area contributed by atoms with Crippen LogP contribution >= 0.6 is 12.4 Å². The van der Waals surface area contributed by atoms with Crippen LogP contribution in [0, 0.1) is 10.8 Å². The number of hydrogen-bond acceptors (Lipinski definition) is 3. The fraction of sp³-hybridized carbons (Fsp3) is 0.526. The third-order valence-electron chi connectivity index (χ3n) is 4.29. The van der Waals surface area contributed by atoms with E-state index < -0.39 is 0 Å². The predicted octanol–water partition coefficient (Wildman–Crippen LogP) is 2.44. The van der Waals surface area contributed by atoms with Crippen LogP contribution in [0.3, 0.4) is 0 Å². The zero-order valence-corrected chi connectivity index (χ0v) is 16.5. The number of likely N-dealkylation sites (tertiary alicyclic amines) is 1. The Hall–Kier alpha value is -2.08. The van der Waals surface area contributed by atoms with Crippen LogP contribution in [0.5, 0.6) is 0 Å². The molecule has 0 radical (unpaired) electrons. The molecule has 1 aliphatic rings. The van der Waals surface area contributed by atoms with Crippen LogP contribution in [0.2, 0.25) is 0 Å². The number of nitrogens with zero attached hydrogens (tertiary/aromatic N) is 1. The number of nitrogens with one attached hydrogen (secondary N) is 2. The van der Waals surface area contributed by atoms with E-state index in [1.807, 2.05) is 32.9 Å². The van der Waals surface area contributed by atoms with Crippen molar-refractivity contribution in [3.05, 3.63) is 35.4 Å². The molecule has 1 fully saturated rings. The number of nitrogen functional groups attached to an aromatic ring is 1. The number of carbonyl (C=O) groups is 2. The molecule has 144 valence electrons. The molecule has 0 aromatic heterocycles. The first-order valence-corrected chi connectivity index (χ1v) is 8.68. The highest BCUT2D eigenvalue weighted by Crippen LogP contribution is 2.24. The maximum atomic E-state index is 12.5. The van der Waals surface area contributed by atoms with Gasteiger partial charge in [-0.15, -0.1) is 12.4 Å². The number of hydrogen-bond donors (Lipinski definition) is 3. The second kappa shape index (κ2) is 9.03. The Balaban J connectivity index is 0.00000338. The first kappa shape index (κ1) is 22.0. The molecule has 4 N–H and O–H groups in total. The molecular formula is C19H29ClN4O2. The second-order valence-corrected chi connectivity index (χ2v) is 7.81. The molecule has 0 aliphatic carbocycles. The molecule has 7 heteroatoms. The number of nitrogens with two attached hydrogens (primary N) is 1. The molecule has 1 saturated heterocycles. The van der Waals surface area contributed by atoms with Crippen LogP contribution in [0.15, 0.2) is 24.3 Å². The zero-order valence-electron chi connectivity index (χ0n) is 15.7. The van der Waals surface area contributed by atoms with Crippen molar-refractivity contribution < 1.29 is 9.59 Å². The summed E-state index contributed by atoms with van der Waals surface area (Å²) in [5.74, 6) is -0.0269. The normalized spacial score (nSPS) is 16.7. The van der Waals surface area contributed by atoms with Gasteiger partial charge < -0.3 is 16.0 Å². The molecule has 1 atom stereocenters. The molecule has 1 aromatic carbocycles. The highest BCUT2D eigenvalue weighted by Gasteiger charge is 2.35. The monoisotopic (exact) mass is 380 g/mol. The Morgan fingerprint density at radius 3 is 2.42 bits per heavy atom. The summed E-state index contributed by atoms with van der Waals surface area (Å²) in [5, 5.41) is 10.3. The molecular weight excluding hydrogens is 352 g/mol. The van der Waals surface area contributed by atoms with Gasteiger partial charge in [-0.3, -0.25) is 15.0 Å². The van der Waals surface area contributed by atoms with Crippen molar-refractivity contribution in [2.45, 2.75) is 52.6 Å². The van der Waals surface area contributed by atoms with Gasteiger partial charge in [0.2, 0.25) is 11.8 Å². The molecule has 1 heterocycles. The van der Waals surface area contributed by atoms with Gasteiger partial charge in [-0.1, -0.05) is 45.0 Å². The predicted molar refractivity (Wildman–Crippen MR) is 105 cm³/mol.